The van der Waals surface area contributed by atoms with Crippen LogP contribution in [0.15, 0.2) is 34.9 Å². The highest BCUT2D eigenvalue weighted by molar-refractivity contribution is 5.87. The van der Waals surface area contributed by atoms with Crippen LogP contribution in [0, 0.1) is 11.8 Å². The molecule has 0 amide bonds. The van der Waals surface area contributed by atoms with E-state index in [1.165, 1.54) is 5.57 Å². The SMILES string of the molecule is C/C=C(/C)C(=O)OCC1=C[C@@H](O)[C@H]([C@@H](C)CCC=C(C)C)CC1. The number of aliphatic hydroxyl groups is 1. The molecule has 0 aliphatic heterocycles. The molecule has 1 rings (SSSR count). The minimum absolute atomic E-state index is 0.278. The van der Waals surface area contributed by atoms with Crippen LogP contribution in [0.25, 0.3) is 0 Å². The summed E-state index contributed by atoms with van der Waals surface area (Å²) in [5.41, 5.74) is 3.00. The number of carbonyl (C=O) groups is 1. The lowest BCUT2D eigenvalue weighted by molar-refractivity contribution is -0.138. The molecule has 0 fully saturated rings. The Morgan fingerprint density at radius 3 is 2.70 bits per heavy atom. The largest absolute Gasteiger partial charge is 0.458 e. The van der Waals surface area contributed by atoms with Gasteiger partial charge in [-0.3, -0.25) is 0 Å². The molecular formula is C20H32O3. The van der Waals surface area contributed by atoms with Crippen LogP contribution in [0.4, 0.5) is 0 Å². The number of esters is 1. The van der Waals surface area contributed by atoms with Crippen LogP contribution in [-0.4, -0.2) is 23.8 Å². The summed E-state index contributed by atoms with van der Waals surface area (Å²) in [4.78, 5) is 11.7. The lowest BCUT2D eigenvalue weighted by Crippen LogP contribution is -2.29. The fourth-order valence-corrected chi connectivity index (χ4v) is 2.95. The number of ether oxygens (including phenoxy) is 1. The first-order valence-electron chi connectivity index (χ1n) is 8.66. The van der Waals surface area contributed by atoms with E-state index in [1.54, 1.807) is 13.0 Å². The molecular weight excluding hydrogens is 288 g/mol. The summed E-state index contributed by atoms with van der Waals surface area (Å²) in [6.07, 6.45) is 9.51. The molecule has 130 valence electrons. The number of hydrogen-bond acceptors (Lipinski definition) is 3. The van der Waals surface area contributed by atoms with Gasteiger partial charge in [-0.25, -0.2) is 4.79 Å². The molecule has 0 saturated heterocycles. The maximum Gasteiger partial charge on any atom is 0.333 e. The molecule has 3 heteroatoms. The third-order valence-electron chi connectivity index (χ3n) is 4.69. The van der Waals surface area contributed by atoms with Crippen molar-refractivity contribution < 1.29 is 14.6 Å². The van der Waals surface area contributed by atoms with Crippen molar-refractivity contribution in [2.75, 3.05) is 6.61 Å². The predicted molar refractivity (Wildman–Crippen MR) is 95.0 cm³/mol. The van der Waals surface area contributed by atoms with E-state index in [0.29, 0.717) is 24.0 Å². The van der Waals surface area contributed by atoms with E-state index in [2.05, 4.69) is 26.8 Å². The number of aliphatic hydroxyl groups excluding tert-OH is 1. The molecule has 0 aromatic carbocycles. The van der Waals surface area contributed by atoms with Gasteiger partial charge >= 0.3 is 5.97 Å². The van der Waals surface area contributed by atoms with E-state index in [-0.39, 0.29) is 5.97 Å². The summed E-state index contributed by atoms with van der Waals surface area (Å²) in [6, 6.07) is 0. The maximum absolute atomic E-state index is 11.7. The van der Waals surface area contributed by atoms with Crippen LogP contribution in [0.2, 0.25) is 0 Å². The summed E-state index contributed by atoms with van der Waals surface area (Å²) in [7, 11) is 0. The van der Waals surface area contributed by atoms with E-state index >= 15 is 0 Å². The van der Waals surface area contributed by atoms with E-state index in [1.807, 2.05) is 13.0 Å². The Balaban J connectivity index is 2.49. The van der Waals surface area contributed by atoms with Crippen molar-refractivity contribution in [3.05, 3.63) is 34.9 Å². The van der Waals surface area contributed by atoms with Gasteiger partial charge < -0.3 is 9.84 Å². The van der Waals surface area contributed by atoms with E-state index < -0.39 is 6.10 Å². The molecule has 0 aromatic heterocycles. The Bertz CT molecular complexity index is 481. The Labute approximate surface area is 141 Å². The number of hydrogen-bond donors (Lipinski definition) is 1. The van der Waals surface area contributed by atoms with E-state index in [9.17, 15) is 9.90 Å². The summed E-state index contributed by atoms with van der Waals surface area (Å²) >= 11 is 0. The fraction of sp³-hybridized carbons (Fsp3) is 0.650. The predicted octanol–water partition coefficient (Wildman–Crippen LogP) is 4.58. The van der Waals surface area contributed by atoms with Gasteiger partial charge in [-0.2, -0.15) is 0 Å². The lowest BCUT2D eigenvalue weighted by Gasteiger charge is -2.31. The topological polar surface area (TPSA) is 46.5 Å². The molecule has 3 atom stereocenters. The molecule has 1 N–H and O–H groups in total. The molecule has 0 saturated carbocycles. The Morgan fingerprint density at radius 2 is 2.13 bits per heavy atom. The molecule has 23 heavy (non-hydrogen) atoms. The quantitative estimate of drug-likeness (QED) is 0.424. The standard InChI is InChI=1S/C20H32O3/c1-6-15(4)20(22)23-13-17-10-11-18(19(21)12-17)16(5)9-7-8-14(2)3/h6,8,12,16,18-19,21H,7,9-11,13H2,1-5H3/b15-6-/t16-,18-,19+/m0/s1. The minimum Gasteiger partial charge on any atom is -0.458 e. The van der Waals surface area contributed by atoms with Gasteiger partial charge in [0.05, 0.1) is 6.10 Å². The van der Waals surface area contributed by atoms with Gasteiger partial charge in [-0.1, -0.05) is 30.7 Å². The molecule has 0 unspecified atom stereocenters. The normalized spacial score (nSPS) is 23.0. The highest BCUT2D eigenvalue weighted by Crippen LogP contribution is 2.32. The van der Waals surface area contributed by atoms with E-state index in [0.717, 1.165) is 31.3 Å². The smallest absolute Gasteiger partial charge is 0.333 e. The Kier molecular flexibility index (Phi) is 8.32. The molecule has 0 spiro atoms. The van der Waals surface area contributed by atoms with Gasteiger partial charge in [0.25, 0.3) is 0 Å². The molecule has 1 aliphatic carbocycles. The zero-order valence-corrected chi connectivity index (χ0v) is 15.3. The lowest BCUT2D eigenvalue weighted by atomic mass is 9.78. The van der Waals surface area contributed by atoms with Crippen molar-refractivity contribution in [3.63, 3.8) is 0 Å². The molecule has 0 bridgehead atoms. The van der Waals surface area contributed by atoms with Crippen molar-refractivity contribution in [2.24, 2.45) is 11.8 Å². The van der Waals surface area contributed by atoms with Crippen LogP contribution < -0.4 is 0 Å². The summed E-state index contributed by atoms with van der Waals surface area (Å²) in [6.45, 7) is 10.3. The minimum atomic E-state index is -0.429. The zero-order chi connectivity index (χ0) is 17.4. The van der Waals surface area contributed by atoms with Gasteiger partial charge in [0.2, 0.25) is 0 Å². The molecule has 1 aliphatic rings. The Hall–Kier alpha value is -1.35. The third kappa shape index (κ3) is 6.74. The van der Waals surface area contributed by atoms with Crippen molar-refractivity contribution in [3.8, 4) is 0 Å². The summed E-state index contributed by atoms with van der Waals surface area (Å²) in [5, 5.41) is 10.4. The van der Waals surface area contributed by atoms with Gasteiger partial charge in [0.15, 0.2) is 0 Å². The number of rotatable bonds is 7. The van der Waals surface area contributed by atoms with Crippen LogP contribution in [0.5, 0.6) is 0 Å². The average molecular weight is 320 g/mol. The first-order valence-corrected chi connectivity index (χ1v) is 8.66. The molecule has 0 heterocycles. The average Bonchev–Trinajstić information content (AvgIpc) is 2.51. The first-order chi connectivity index (χ1) is 10.8. The van der Waals surface area contributed by atoms with E-state index in [4.69, 9.17) is 4.74 Å². The second-order valence-electron chi connectivity index (χ2n) is 6.90. The zero-order valence-electron chi connectivity index (χ0n) is 15.3. The molecule has 0 aromatic rings. The molecule has 3 nitrogen and oxygen atoms in total. The van der Waals surface area contributed by atoms with Gasteiger partial charge in [-0.15, -0.1) is 0 Å². The highest BCUT2D eigenvalue weighted by atomic mass is 16.5. The number of allylic oxidation sites excluding steroid dienone is 3. The Morgan fingerprint density at radius 1 is 1.43 bits per heavy atom. The second-order valence-corrected chi connectivity index (χ2v) is 6.90. The fourth-order valence-electron chi connectivity index (χ4n) is 2.95. The van der Waals surface area contributed by atoms with Gasteiger partial charge in [0.1, 0.15) is 6.61 Å². The second kappa shape index (κ2) is 9.71. The monoisotopic (exact) mass is 320 g/mol. The van der Waals surface area contributed by atoms with Crippen LogP contribution in [0.3, 0.4) is 0 Å². The maximum atomic E-state index is 11.7. The van der Waals surface area contributed by atoms with Crippen molar-refractivity contribution in [1.82, 2.24) is 0 Å². The van der Waals surface area contributed by atoms with Gasteiger partial charge in [-0.05, 0) is 70.8 Å². The van der Waals surface area contributed by atoms with Crippen molar-refractivity contribution >= 4 is 5.97 Å². The summed E-state index contributed by atoms with van der Waals surface area (Å²) in [5.74, 6) is 0.517. The number of carbonyl (C=O) groups excluding carboxylic acids is 1. The van der Waals surface area contributed by atoms with Crippen molar-refractivity contribution in [1.29, 1.82) is 0 Å². The van der Waals surface area contributed by atoms with Gasteiger partial charge in [0, 0.05) is 5.57 Å². The molecule has 0 radical (unpaired) electrons. The van der Waals surface area contributed by atoms with Crippen LogP contribution in [0.1, 0.15) is 60.3 Å². The summed E-state index contributed by atoms with van der Waals surface area (Å²) < 4.78 is 5.28. The van der Waals surface area contributed by atoms with Crippen LogP contribution in [-0.2, 0) is 9.53 Å². The van der Waals surface area contributed by atoms with Crippen molar-refractivity contribution in [2.45, 2.75) is 66.4 Å². The third-order valence-corrected chi connectivity index (χ3v) is 4.69. The highest BCUT2D eigenvalue weighted by Gasteiger charge is 2.27. The van der Waals surface area contributed by atoms with Crippen LogP contribution >= 0.6 is 0 Å². The first kappa shape index (κ1) is 19.7.